The van der Waals surface area contributed by atoms with Gasteiger partial charge in [0.1, 0.15) is 0 Å². The van der Waals surface area contributed by atoms with Crippen molar-refractivity contribution in [2.75, 3.05) is 5.32 Å². The first-order valence-corrected chi connectivity index (χ1v) is 7.11. The molecule has 1 aromatic carbocycles. The fourth-order valence-corrected chi connectivity index (χ4v) is 4.54. The summed E-state index contributed by atoms with van der Waals surface area (Å²) in [6.45, 7) is 2.06. The summed E-state index contributed by atoms with van der Waals surface area (Å²) < 4.78 is 0. The van der Waals surface area contributed by atoms with Gasteiger partial charge in [-0.3, -0.25) is 4.79 Å². The molecule has 3 aliphatic carbocycles. The van der Waals surface area contributed by atoms with Gasteiger partial charge in [-0.1, -0.05) is 17.7 Å². The molecule has 0 spiro atoms. The second-order valence-corrected chi connectivity index (χ2v) is 6.37. The third kappa shape index (κ3) is 1.44. The number of hydrogen-bond donors (Lipinski definition) is 1. The van der Waals surface area contributed by atoms with Crippen molar-refractivity contribution in [1.82, 2.24) is 0 Å². The summed E-state index contributed by atoms with van der Waals surface area (Å²) in [6, 6.07) is 8.10. The molecule has 1 amide bonds. The van der Waals surface area contributed by atoms with Gasteiger partial charge in [-0.2, -0.15) is 0 Å². The molecule has 0 radical (unpaired) electrons. The zero-order valence-electron chi connectivity index (χ0n) is 10.7. The van der Waals surface area contributed by atoms with E-state index in [1.165, 1.54) is 24.8 Å². The van der Waals surface area contributed by atoms with Crippen molar-refractivity contribution in [3.63, 3.8) is 0 Å². The van der Waals surface area contributed by atoms with Crippen LogP contribution in [0.15, 0.2) is 24.3 Å². The van der Waals surface area contributed by atoms with Crippen LogP contribution in [0.3, 0.4) is 0 Å². The van der Waals surface area contributed by atoms with E-state index in [4.69, 9.17) is 0 Å². The lowest BCUT2D eigenvalue weighted by atomic mass is 10.0. The van der Waals surface area contributed by atoms with Crippen molar-refractivity contribution in [3.8, 4) is 0 Å². The number of nitrogens with one attached hydrogen (secondary N) is 1. The van der Waals surface area contributed by atoms with E-state index in [9.17, 15) is 4.79 Å². The summed E-state index contributed by atoms with van der Waals surface area (Å²) in [5.74, 6) is 3.80. The van der Waals surface area contributed by atoms with Crippen LogP contribution in [0.2, 0.25) is 0 Å². The summed E-state index contributed by atoms with van der Waals surface area (Å²) >= 11 is 0. The summed E-state index contributed by atoms with van der Waals surface area (Å²) in [6.07, 6.45) is 4.16. The minimum atomic E-state index is 0.269. The molecule has 18 heavy (non-hydrogen) atoms. The standard InChI is InChI=1S/C16H19NO/c1-9-2-6-12(7-3-9)17-16(18)15-13-10-4-5-11(8-10)14(13)15/h2-3,6-7,10-11,13-15H,4-5,8H2,1H3,(H,17,18)/t10-,11-,13+,14+/m0/s1. The van der Waals surface area contributed by atoms with Crippen LogP contribution >= 0.6 is 0 Å². The van der Waals surface area contributed by atoms with Crippen molar-refractivity contribution in [2.24, 2.45) is 29.6 Å². The van der Waals surface area contributed by atoms with Crippen LogP contribution < -0.4 is 5.32 Å². The van der Waals surface area contributed by atoms with Gasteiger partial charge in [0.05, 0.1) is 0 Å². The predicted molar refractivity (Wildman–Crippen MR) is 71.1 cm³/mol. The lowest BCUT2D eigenvalue weighted by Gasteiger charge is -2.09. The number of hydrogen-bond acceptors (Lipinski definition) is 1. The van der Waals surface area contributed by atoms with E-state index in [1.54, 1.807) is 0 Å². The van der Waals surface area contributed by atoms with Gasteiger partial charge >= 0.3 is 0 Å². The summed E-state index contributed by atoms with van der Waals surface area (Å²) in [5.41, 5.74) is 2.18. The van der Waals surface area contributed by atoms with Crippen molar-refractivity contribution in [1.29, 1.82) is 0 Å². The topological polar surface area (TPSA) is 29.1 Å². The Balaban J connectivity index is 1.45. The molecular weight excluding hydrogens is 222 g/mol. The molecule has 1 N–H and O–H groups in total. The number of fused-ring (bicyclic) bond motifs is 5. The van der Waals surface area contributed by atoms with Crippen LogP contribution in [0.4, 0.5) is 5.69 Å². The monoisotopic (exact) mass is 241 g/mol. The molecule has 0 saturated heterocycles. The van der Waals surface area contributed by atoms with Gasteiger partial charge in [0.25, 0.3) is 0 Å². The first kappa shape index (κ1) is 10.6. The Morgan fingerprint density at radius 1 is 1.11 bits per heavy atom. The predicted octanol–water partition coefficient (Wildman–Crippen LogP) is 3.23. The normalized spacial score (nSPS) is 39.5. The van der Waals surface area contributed by atoms with Gasteiger partial charge < -0.3 is 5.32 Å². The molecule has 4 rings (SSSR count). The van der Waals surface area contributed by atoms with Gasteiger partial charge in [-0.15, -0.1) is 0 Å². The first-order chi connectivity index (χ1) is 8.74. The summed E-state index contributed by atoms with van der Waals surface area (Å²) in [7, 11) is 0. The van der Waals surface area contributed by atoms with E-state index >= 15 is 0 Å². The second kappa shape index (κ2) is 3.59. The van der Waals surface area contributed by atoms with E-state index in [2.05, 4.69) is 12.2 Å². The Labute approximate surface area is 108 Å². The number of anilines is 1. The van der Waals surface area contributed by atoms with Crippen LogP contribution in [0, 0.1) is 36.5 Å². The van der Waals surface area contributed by atoms with Gasteiger partial charge in [0, 0.05) is 11.6 Å². The quantitative estimate of drug-likeness (QED) is 0.846. The number of amides is 1. The van der Waals surface area contributed by atoms with Gasteiger partial charge in [-0.05, 0) is 62.0 Å². The number of carbonyl (C=O) groups excluding carboxylic acids is 1. The minimum absolute atomic E-state index is 0.269. The highest BCUT2D eigenvalue weighted by molar-refractivity contribution is 5.95. The van der Waals surface area contributed by atoms with E-state index in [0.717, 1.165) is 29.4 Å². The molecule has 3 aliphatic rings. The SMILES string of the molecule is Cc1ccc(NC(=O)C2[C@@H]3[C@H]4CC[C@@H](C4)[C@@H]23)cc1. The van der Waals surface area contributed by atoms with E-state index in [0.29, 0.717) is 5.92 Å². The summed E-state index contributed by atoms with van der Waals surface area (Å²) in [4.78, 5) is 12.3. The average molecular weight is 241 g/mol. The van der Waals surface area contributed by atoms with Crippen LogP contribution in [-0.2, 0) is 4.79 Å². The number of rotatable bonds is 2. The second-order valence-electron chi connectivity index (χ2n) is 6.37. The Hall–Kier alpha value is -1.31. The third-order valence-corrected chi connectivity index (χ3v) is 5.36. The third-order valence-electron chi connectivity index (χ3n) is 5.36. The fourth-order valence-electron chi connectivity index (χ4n) is 4.54. The lowest BCUT2D eigenvalue weighted by molar-refractivity contribution is -0.118. The van der Waals surface area contributed by atoms with Gasteiger partial charge in [0.15, 0.2) is 0 Å². The molecule has 3 fully saturated rings. The highest BCUT2D eigenvalue weighted by Gasteiger charge is 2.67. The van der Waals surface area contributed by atoms with Gasteiger partial charge in [0.2, 0.25) is 5.91 Å². The van der Waals surface area contributed by atoms with Crippen molar-refractivity contribution in [2.45, 2.75) is 26.2 Å². The highest BCUT2D eigenvalue weighted by atomic mass is 16.2. The Kier molecular flexibility index (Phi) is 2.12. The fraction of sp³-hybridized carbons (Fsp3) is 0.562. The number of aryl methyl sites for hydroxylation is 1. The van der Waals surface area contributed by atoms with Crippen molar-refractivity contribution >= 4 is 11.6 Å². The molecule has 2 bridgehead atoms. The Morgan fingerprint density at radius 3 is 2.33 bits per heavy atom. The maximum absolute atomic E-state index is 12.3. The largest absolute Gasteiger partial charge is 0.326 e. The molecule has 0 unspecified atom stereocenters. The molecule has 1 aromatic rings. The molecule has 4 atom stereocenters. The lowest BCUT2D eigenvalue weighted by Crippen LogP contribution is -2.18. The molecule has 94 valence electrons. The van der Waals surface area contributed by atoms with Crippen molar-refractivity contribution in [3.05, 3.63) is 29.8 Å². The molecule has 2 nitrogen and oxygen atoms in total. The van der Waals surface area contributed by atoms with Crippen LogP contribution in [0.1, 0.15) is 24.8 Å². The summed E-state index contributed by atoms with van der Waals surface area (Å²) in [5, 5.41) is 3.09. The van der Waals surface area contributed by atoms with Crippen LogP contribution in [-0.4, -0.2) is 5.91 Å². The van der Waals surface area contributed by atoms with Crippen LogP contribution in [0.25, 0.3) is 0 Å². The molecule has 0 aliphatic heterocycles. The van der Waals surface area contributed by atoms with Crippen LogP contribution in [0.5, 0.6) is 0 Å². The van der Waals surface area contributed by atoms with E-state index in [1.807, 2.05) is 24.3 Å². The highest BCUT2D eigenvalue weighted by Crippen LogP contribution is 2.69. The number of benzene rings is 1. The molecule has 2 heteroatoms. The zero-order chi connectivity index (χ0) is 12.3. The molecule has 0 heterocycles. The Morgan fingerprint density at radius 2 is 1.72 bits per heavy atom. The minimum Gasteiger partial charge on any atom is -0.326 e. The maximum atomic E-state index is 12.3. The Bertz CT molecular complexity index is 476. The molecule has 0 aromatic heterocycles. The van der Waals surface area contributed by atoms with Gasteiger partial charge in [-0.25, -0.2) is 0 Å². The smallest absolute Gasteiger partial charge is 0.228 e. The first-order valence-electron chi connectivity index (χ1n) is 7.11. The van der Waals surface area contributed by atoms with Crippen molar-refractivity contribution < 1.29 is 4.79 Å². The number of carbonyl (C=O) groups is 1. The molecular formula is C16H19NO. The molecule has 3 saturated carbocycles. The zero-order valence-corrected chi connectivity index (χ0v) is 10.7. The average Bonchev–Trinajstić information content (AvgIpc) is 2.82. The van der Waals surface area contributed by atoms with E-state index in [-0.39, 0.29) is 5.91 Å². The van der Waals surface area contributed by atoms with E-state index < -0.39 is 0 Å². The maximum Gasteiger partial charge on any atom is 0.228 e.